The number of amides is 2. The van der Waals surface area contributed by atoms with Gasteiger partial charge in [0.2, 0.25) is 11.8 Å². The Bertz CT molecular complexity index is 664. The van der Waals surface area contributed by atoms with Gasteiger partial charge >= 0.3 is 0 Å². The second-order valence-electron chi connectivity index (χ2n) is 7.28. The largest absolute Gasteiger partial charge is 0.355 e. The van der Waals surface area contributed by atoms with Gasteiger partial charge in [-0.3, -0.25) is 19.4 Å². The van der Waals surface area contributed by atoms with Gasteiger partial charge in [0.25, 0.3) is 0 Å². The molecule has 0 radical (unpaired) electrons. The van der Waals surface area contributed by atoms with E-state index >= 15 is 0 Å². The van der Waals surface area contributed by atoms with Crippen LogP contribution in [-0.4, -0.2) is 79.4 Å². The van der Waals surface area contributed by atoms with E-state index in [0.29, 0.717) is 42.8 Å². The maximum absolute atomic E-state index is 12.6. The van der Waals surface area contributed by atoms with Gasteiger partial charge < -0.3 is 10.2 Å². The number of hydrogen-bond donors (Lipinski definition) is 1. The Balaban J connectivity index is 1.71. The van der Waals surface area contributed by atoms with Gasteiger partial charge in [-0.2, -0.15) is 0 Å². The summed E-state index contributed by atoms with van der Waals surface area (Å²) in [6.07, 6.45) is 2.07. The highest BCUT2D eigenvalue weighted by atomic mass is 35.5. The molecule has 1 heterocycles. The molecule has 0 saturated carbocycles. The Morgan fingerprint density at radius 1 is 1.14 bits per heavy atom. The monoisotopic (exact) mass is 428 g/mol. The molecule has 1 aromatic carbocycles. The quantitative estimate of drug-likeness (QED) is 0.613. The fraction of sp³-hybridized carbons (Fsp3) is 0.600. The third-order valence-corrected chi connectivity index (χ3v) is 5.53. The lowest BCUT2D eigenvalue weighted by atomic mass is 10.2. The summed E-state index contributed by atoms with van der Waals surface area (Å²) in [5.74, 6) is 0.171. The molecular formula is C20H30Cl2N4O2. The Hall–Kier alpha value is -1.34. The highest BCUT2D eigenvalue weighted by Crippen LogP contribution is 2.23. The standard InChI is InChI=1S/C20H30Cl2N4O2/c1-3-4-7-23-19(27)14-25-8-10-26(11-9-25)20(28)15-24(2)13-16-5-6-17(21)18(22)12-16/h5-6,12H,3-4,7-11,13-15H2,1-2H3,(H,23,27). The molecule has 0 spiro atoms. The normalized spacial score (nSPS) is 15.1. The number of unbranched alkanes of at least 4 members (excludes halogenated alkanes) is 1. The van der Waals surface area contributed by atoms with E-state index in [0.717, 1.165) is 38.0 Å². The predicted molar refractivity (Wildman–Crippen MR) is 114 cm³/mol. The number of carbonyl (C=O) groups is 2. The van der Waals surface area contributed by atoms with Gasteiger partial charge in [0.05, 0.1) is 23.1 Å². The van der Waals surface area contributed by atoms with Crippen LogP contribution in [0, 0.1) is 0 Å². The minimum Gasteiger partial charge on any atom is -0.355 e. The molecule has 1 aliphatic rings. The first kappa shape index (κ1) is 22.9. The van der Waals surface area contributed by atoms with Crippen LogP contribution in [0.25, 0.3) is 0 Å². The van der Waals surface area contributed by atoms with Crippen molar-refractivity contribution in [2.24, 2.45) is 0 Å². The summed E-state index contributed by atoms with van der Waals surface area (Å²) in [5.41, 5.74) is 1.02. The molecule has 1 N–H and O–H groups in total. The number of rotatable bonds is 9. The van der Waals surface area contributed by atoms with Crippen LogP contribution < -0.4 is 5.32 Å². The number of halogens is 2. The minimum absolute atomic E-state index is 0.0644. The van der Waals surface area contributed by atoms with Crippen LogP contribution in [0.1, 0.15) is 25.3 Å². The third kappa shape index (κ3) is 7.59. The molecule has 2 rings (SSSR count). The average molecular weight is 429 g/mol. The van der Waals surface area contributed by atoms with Gasteiger partial charge in [-0.1, -0.05) is 42.6 Å². The summed E-state index contributed by atoms with van der Waals surface area (Å²) in [6.45, 7) is 6.97. The van der Waals surface area contributed by atoms with Gasteiger partial charge in [-0.15, -0.1) is 0 Å². The maximum Gasteiger partial charge on any atom is 0.236 e. The van der Waals surface area contributed by atoms with Crippen molar-refractivity contribution in [1.29, 1.82) is 0 Å². The highest BCUT2D eigenvalue weighted by Gasteiger charge is 2.23. The van der Waals surface area contributed by atoms with Gasteiger partial charge in [0, 0.05) is 39.3 Å². The van der Waals surface area contributed by atoms with Crippen molar-refractivity contribution < 1.29 is 9.59 Å². The SMILES string of the molecule is CCCCNC(=O)CN1CCN(C(=O)CN(C)Cc2ccc(Cl)c(Cl)c2)CC1. The van der Waals surface area contributed by atoms with Crippen LogP contribution in [-0.2, 0) is 16.1 Å². The molecule has 2 amide bonds. The molecule has 0 aliphatic carbocycles. The second kappa shape index (κ2) is 11.6. The zero-order valence-electron chi connectivity index (χ0n) is 16.7. The van der Waals surface area contributed by atoms with Gasteiger partial charge in [-0.25, -0.2) is 0 Å². The van der Waals surface area contributed by atoms with E-state index < -0.39 is 0 Å². The molecule has 1 fully saturated rings. The topological polar surface area (TPSA) is 55.9 Å². The Labute approximate surface area is 177 Å². The summed E-state index contributed by atoms with van der Waals surface area (Å²) < 4.78 is 0. The summed E-state index contributed by atoms with van der Waals surface area (Å²) in [7, 11) is 1.91. The lowest BCUT2D eigenvalue weighted by Crippen LogP contribution is -2.52. The lowest BCUT2D eigenvalue weighted by Gasteiger charge is -2.35. The molecule has 28 heavy (non-hydrogen) atoms. The van der Waals surface area contributed by atoms with Gasteiger partial charge in [0.15, 0.2) is 0 Å². The summed E-state index contributed by atoms with van der Waals surface area (Å²) in [5, 5.41) is 3.99. The first-order chi connectivity index (χ1) is 13.4. The molecule has 1 aromatic rings. The fourth-order valence-corrected chi connectivity index (χ4v) is 3.48. The predicted octanol–water partition coefficient (Wildman–Crippen LogP) is 2.49. The molecule has 8 heteroatoms. The van der Waals surface area contributed by atoms with Crippen molar-refractivity contribution in [3.8, 4) is 0 Å². The second-order valence-corrected chi connectivity index (χ2v) is 8.10. The number of carbonyl (C=O) groups excluding carboxylic acids is 2. The molecule has 0 atom stereocenters. The van der Waals surface area contributed by atoms with Crippen molar-refractivity contribution in [3.63, 3.8) is 0 Å². The number of benzene rings is 1. The van der Waals surface area contributed by atoms with Crippen molar-refractivity contribution in [3.05, 3.63) is 33.8 Å². The van der Waals surface area contributed by atoms with Crippen LogP contribution in [0.15, 0.2) is 18.2 Å². The van der Waals surface area contributed by atoms with Crippen LogP contribution >= 0.6 is 23.2 Å². The van der Waals surface area contributed by atoms with E-state index in [1.165, 1.54) is 0 Å². The molecule has 0 bridgehead atoms. The minimum atomic E-state index is 0.0644. The fourth-order valence-electron chi connectivity index (χ4n) is 3.16. The molecule has 1 aliphatic heterocycles. The van der Waals surface area contributed by atoms with E-state index in [9.17, 15) is 9.59 Å². The first-order valence-electron chi connectivity index (χ1n) is 9.78. The zero-order valence-corrected chi connectivity index (χ0v) is 18.2. The molecule has 156 valence electrons. The number of nitrogens with zero attached hydrogens (tertiary/aromatic N) is 3. The van der Waals surface area contributed by atoms with Crippen LogP contribution in [0.4, 0.5) is 0 Å². The van der Waals surface area contributed by atoms with Crippen molar-refractivity contribution >= 4 is 35.0 Å². The molecule has 0 unspecified atom stereocenters. The number of hydrogen-bond acceptors (Lipinski definition) is 4. The first-order valence-corrected chi connectivity index (χ1v) is 10.5. The van der Waals surface area contributed by atoms with E-state index in [4.69, 9.17) is 23.2 Å². The Kier molecular flexibility index (Phi) is 9.51. The molecular weight excluding hydrogens is 399 g/mol. The van der Waals surface area contributed by atoms with Crippen LogP contribution in [0.2, 0.25) is 10.0 Å². The van der Waals surface area contributed by atoms with Crippen LogP contribution in [0.3, 0.4) is 0 Å². The van der Waals surface area contributed by atoms with Crippen LogP contribution in [0.5, 0.6) is 0 Å². The van der Waals surface area contributed by atoms with E-state index in [2.05, 4.69) is 17.1 Å². The summed E-state index contributed by atoms with van der Waals surface area (Å²) in [4.78, 5) is 30.4. The van der Waals surface area contributed by atoms with Crippen molar-refractivity contribution in [2.45, 2.75) is 26.3 Å². The summed E-state index contributed by atoms with van der Waals surface area (Å²) in [6, 6.07) is 5.52. The van der Waals surface area contributed by atoms with Crippen molar-refractivity contribution in [1.82, 2.24) is 20.0 Å². The highest BCUT2D eigenvalue weighted by molar-refractivity contribution is 6.42. The number of nitrogens with one attached hydrogen (secondary N) is 1. The Morgan fingerprint density at radius 2 is 1.86 bits per heavy atom. The van der Waals surface area contributed by atoms with E-state index in [1.54, 1.807) is 6.07 Å². The molecule has 1 saturated heterocycles. The molecule has 0 aromatic heterocycles. The lowest BCUT2D eigenvalue weighted by molar-refractivity contribution is -0.134. The van der Waals surface area contributed by atoms with E-state index in [-0.39, 0.29) is 11.8 Å². The maximum atomic E-state index is 12.6. The zero-order chi connectivity index (χ0) is 20.5. The Morgan fingerprint density at radius 3 is 2.50 bits per heavy atom. The summed E-state index contributed by atoms with van der Waals surface area (Å²) >= 11 is 12.0. The number of likely N-dealkylation sites (N-methyl/N-ethyl adjacent to an activating group) is 1. The number of piperazine rings is 1. The smallest absolute Gasteiger partial charge is 0.236 e. The van der Waals surface area contributed by atoms with Crippen molar-refractivity contribution in [2.75, 3.05) is 52.9 Å². The van der Waals surface area contributed by atoms with Gasteiger partial charge in [-0.05, 0) is 31.2 Å². The van der Waals surface area contributed by atoms with E-state index in [1.807, 2.05) is 29.0 Å². The van der Waals surface area contributed by atoms with Gasteiger partial charge in [0.1, 0.15) is 0 Å². The average Bonchev–Trinajstić information content (AvgIpc) is 2.65. The molecule has 6 nitrogen and oxygen atoms in total. The third-order valence-electron chi connectivity index (χ3n) is 4.79.